The molecule has 0 aliphatic heterocycles. The van der Waals surface area contributed by atoms with Gasteiger partial charge in [0.05, 0.1) is 10.6 Å². The van der Waals surface area contributed by atoms with E-state index in [2.05, 4.69) is 5.32 Å². The molecule has 1 N–H and O–H groups in total. The zero-order valence-electron chi connectivity index (χ0n) is 22.8. The number of para-hydroxylation sites is 1. The third kappa shape index (κ3) is 7.61. The fourth-order valence-electron chi connectivity index (χ4n) is 4.17. The number of carbonyl (C=O) groups excluding carboxylic acids is 2. The lowest BCUT2D eigenvalue weighted by Crippen LogP contribution is -2.52. The van der Waals surface area contributed by atoms with E-state index in [4.69, 9.17) is 11.6 Å². The van der Waals surface area contributed by atoms with Crippen molar-refractivity contribution in [3.63, 3.8) is 0 Å². The molecule has 0 aliphatic carbocycles. The number of aryl methyl sites for hydroxylation is 1. The van der Waals surface area contributed by atoms with Crippen molar-refractivity contribution < 1.29 is 18.0 Å². The molecule has 0 heterocycles. The first-order valence-electron chi connectivity index (χ1n) is 13.1. The summed E-state index contributed by atoms with van der Waals surface area (Å²) in [6.45, 7) is 7.04. The van der Waals surface area contributed by atoms with Crippen LogP contribution >= 0.6 is 11.6 Å². The number of carbonyl (C=O) groups is 2. The molecule has 0 radical (unpaired) electrons. The number of nitrogens with zero attached hydrogens (tertiary/aromatic N) is 2. The Bertz CT molecular complexity index is 1380. The number of anilines is 1. The van der Waals surface area contributed by atoms with Crippen molar-refractivity contribution in [2.45, 2.75) is 64.1 Å². The second-order valence-electron chi connectivity index (χ2n) is 9.45. The Labute approximate surface area is 236 Å². The van der Waals surface area contributed by atoms with Crippen LogP contribution < -0.4 is 9.62 Å². The normalized spacial score (nSPS) is 12.8. The van der Waals surface area contributed by atoms with Gasteiger partial charge in [-0.15, -0.1) is 0 Å². The Morgan fingerprint density at radius 3 is 2.23 bits per heavy atom. The molecule has 2 atom stereocenters. The van der Waals surface area contributed by atoms with Gasteiger partial charge < -0.3 is 10.2 Å². The van der Waals surface area contributed by atoms with E-state index in [1.807, 2.05) is 39.0 Å². The van der Waals surface area contributed by atoms with Crippen LogP contribution in [-0.4, -0.2) is 43.8 Å². The molecule has 0 aromatic heterocycles. The maximum Gasteiger partial charge on any atom is 0.264 e. The molecule has 0 spiro atoms. The largest absolute Gasteiger partial charge is 0.352 e. The summed E-state index contributed by atoms with van der Waals surface area (Å²) in [6.07, 6.45) is 1.31. The molecule has 7 nitrogen and oxygen atoms in total. The van der Waals surface area contributed by atoms with Gasteiger partial charge in [-0.25, -0.2) is 8.42 Å². The Kier molecular flexibility index (Phi) is 10.5. The monoisotopic (exact) mass is 569 g/mol. The maximum atomic E-state index is 14.0. The van der Waals surface area contributed by atoms with Crippen LogP contribution in [0.15, 0.2) is 83.8 Å². The van der Waals surface area contributed by atoms with Crippen molar-refractivity contribution in [3.05, 3.63) is 95.0 Å². The quantitative estimate of drug-likeness (QED) is 0.315. The summed E-state index contributed by atoms with van der Waals surface area (Å²) in [5.41, 5.74) is 1.94. The third-order valence-electron chi connectivity index (χ3n) is 6.66. The van der Waals surface area contributed by atoms with Crippen LogP contribution in [0.1, 0.15) is 45.2 Å². The van der Waals surface area contributed by atoms with Gasteiger partial charge in [-0.1, -0.05) is 74.0 Å². The van der Waals surface area contributed by atoms with Gasteiger partial charge in [0, 0.05) is 17.6 Å². The second-order valence-corrected chi connectivity index (χ2v) is 11.8. The van der Waals surface area contributed by atoms with Crippen molar-refractivity contribution in [1.82, 2.24) is 10.2 Å². The van der Waals surface area contributed by atoms with Crippen molar-refractivity contribution in [2.24, 2.45) is 0 Å². The van der Waals surface area contributed by atoms with Crippen molar-refractivity contribution in [2.75, 3.05) is 10.8 Å². The van der Waals surface area contributed by atoms with Crippen molar-refractivity contribution in [1.29, 1.82) is 0 Å². The molecule has 0 saturated carbocycles. The Balaban J connectivity index is 2.05. The highest BCUT2D eigenvalue weighted by molar-refractivity contribution is 7.92. The zero-order valence-corrected chi connectivity index (χ0v) is 24.4. The van der Waals surface area contributed by atoms with Crippen LogP contribution in [0.2, 0.25) is 5.02 Å². The molecule has 0 saturated heterocycles. The van der Waals surface area contributed by atoms with E-state index < -0.39 is 28.5 Å². The van der Waals surface area contributed by atoms with Crippen molar-refractivity contribution >= 4 is 39.1 Å². The zero-order chi connectivity index (χ0) is 28.6. The molecule has 0 unspecified atom stereocenters. The Hall–Kier alpha value is -3.36. The van der Waals surface area contributed by atoms with Gasteiger partial charge in [0.25, 0.3) is 10.0 Å². The number of nitrogens with one attached hydrogen (secondary N) is 1. The summed E-state index contributed by atoms with van der Waals surface area (Å²) in [5, 5.41) is 3.43. The number of hydrogen-bond donors (Lipinski definition) is 1. The molecule has 0 bridgehead atoms. The van der Waals surface area contributed by atoms with E-state index in [-0.39, 0.29) is 23.4 Å². The van der Waals surface area contributed by atoms with Crippen LogP contribution in [0.3, 0.4) is 0 Å². The van der Waals surface area contributed by atoms with Gasteiger partial charge in [0.15, 0.2) is 0 Å². The topological polar surface area (TPSA) is 86.8 Å². The molecule has 208 valence electrons. The first kappa shape index (κ1) is 30.2. The minimum Gasteiger partial charge on any atom is -0.352 e. The molecular formula is C30H36ClN3O4S. The van der Waals surface area contributed by atoms with Gasteiger partial charge in [-0.05, 0) is 68.1 Å². The molecule has 9 heteroatoms. The average Bonchev–Trinajstić information content (AvgIpc) is 2.94. The fraction of sp³-hybridized carbons (Fsp3) is 0.333. The van der Waals surface area contributed by atoms with Crippen LogP contribution in [0.4, 0.5) is 5.69 Å². The average molecular weight is 570 g/mol. The highest BCUT2D eigenvalue weighted by Crippen LogP contribution is 2.28. The molecule has 39 heavy (non-hydrogen) atoms. The SMILES string of the molecule is CCc1ccccc1N(CC(=O)N(Cc1cccc(Cl)c1)[C@@H](C)C(=O)N[C@H](C)CC)S(=O)(=O)c1ccccc1. The standard InChI is InChI=1S/C30H36ClN3O4S/c1-5-22(3)32-30(36)23(4)33(20-24-13-12-15-26(31)19-24)29(35)21-34(28-18-11-10-14-25(28)6-2)39(37,38)27-16-8-7-9-17-27/h7-19,22-23H,5-6,20-21H2,1-4H3,(H,32,36)/t22-,23+/m1/s1. The maximum absolute atomic E-state index is 14.0. The fourth-order valence-corrected chi connectivity index (χ4v) is 5.85. The van der Waals surface area contributed by atoms with Crippen LogP contribution in [-0.2, 0) is 32.6 Å². The molecule has 2 amide bonds. The van der Waals surface area contributed by atoms with E-state index in [9.17, 15) is 18.0 Å². The second kappa shape index (κ2) is 13.6. The van der Waals surface area contributed by atoms with E-state index in [1.165, 1.54) is 17.0 Å². The lowest BCUT2D eigenvalue weighted by molar-refractivity contribution is -0.139. The summed E-state index contributed by atoms with van der Waals surface area (Å²) < 4.78 is 29.0. The summed E-state index contributed by atoms with van der Waals surface area (Å²) in [5.74, 6) is -0.821. The van der Waals surface area contributed by atoms with E-state index >= 15 is 0 Å². The molecule has 0 aliphatic rings. The lowest BCUT2D eigenvalue weighted by Gasteiger charge is -2.33. The smallest absolute Gasteiger partial charge is 0.264 e. The number of sulfonamides is 1. The number of amides is 2. The molecule has 0 fully saturated rings. The Morgan fingerprint density at radius 2 is 1.59 bits per heavy atom. The minimum absolute atomic E-state index is 0.0746. The number of hydrogen-bond acceptors (Lipinski definition) is 4. The molecule has 3 rings (SSSR count). The summed E-state index contributed by atoms with van der Waals surface area (Å²) in [6, 6.07) is 21.3. The van der Waals surface area contributed by atoms with Gasteiger partial charge in [-0.3, -0.25) is 13.9 Å². The van der Waals surface area contributed by atoms with E-state index in [1.54, 1.807) is 55.5 Å². The van der Waals surface area contributed by atoms with Crippen LogP contribution in [0.25, 0.3) is 0 Å². The molecular weight excluding hydrogens is 534 g/mol. The van der Waals surface area contributed by atoms with Crippen LogP contribution in [0.5, 0.6) is 0 Å². The molecule has 3 aromatic rings. The predicted molar refractivity (Wildman–Crippen MR) is 156 cm³/mol. The first-order chi connectivity index (χ1) is 18.6. The molecule has 3 aromatic carbocycles. The van der Waals surface area contributed by atoms with Gasteiger partial charge in [0.2, 0.25) is 11.8 Å². The van der Waals surface area contributed by atoms with Crippen molar-refractivity contribution in [3.8, 4) is 0 Å². The number of rotatable bonds is 12. The van der Waals surface area contributed by atoms with Gasteiger partial charge in [0.1, 0.15) is 12.6 Å². The summed E-state index contributed by atoms with van der Waals surface area (Å²) in [7, 11) is -4.10. The van der Waals surface area contributed by atoms with E-state index in [0.717, 1.165) is 21.9 Å². The lowest BCUT2D eigenvalue weighted by atomic mass is 10.1. The minimum atomic E-state index is -4.10. The third-order valence-corrected chi connectivity index (χ3v) is 8.67. The summed E-state index contributed by atoms with van der Waals surface area (Å²) >= 11 is 6.19. The highest BCUT2D eigenvalue weighted by Gasteiger charge is 2.33. The number of benzene rings is 3. The predicted octanol–water partition coefficient (Wildman–Crippen LogP) is 5.43. The first-order valence-corrected chi connectivity index (χ1v) is 14.9. The highest BCUT2D eigenvalue weighted by atomic mass is 35.5. The van der Waals surface area contributed by atoms with E-state index in [0.29, 0.717) is 17.1 Å². The van der Waals surface area contributed by atoms with Gasteiger partial charge in [-0.2, -0.15) is 0 Å². The summed E-state index contributed by atoms with van der Waals surface area (Å²) in [4.78, 5) is 28.6. The Morgan fingerprint density at radius 1 is 0.923 bits per heavy atom. The van der Waals surface area contributed by atoms with Gasteiger partial charge >= 0.3 is 0 Å². The van der Waals surface area contributed by atoms with Crippen LogP contribution in [0, 0.1) is 0 Å². The number of halogens is 1.